The van der Waals surface area contributed by atoms with Gasteiger partial charge in [-0.15, -0.1) is 0 Å². The number of benzene rings is 1. The Morgan fingerprint density at radius 1 is 1.32 bits per heavy atom. The molecule has 1 aromatic heterocycles. The van der Waals surface area contributed by atoms with Crippen molar-refractivity contribution in [1.29, 1.82) is 0 Å². The number of aromatic amines is 1. The first-order valence-electron chi connectivity index (χ1n) is 10.2. The maximum Gasteiger partial charge on any atom is 0.330 e. The highest BCUT2D eigenvalue weighted by Gasteiger charge is 2.29. The van der Waals surface area contributed by atoms with E-state index in [1.807, 2.05) is 6.92 Å². The van der Waals surface area contributed by atoms with Crippen molar-refractivity contribution >= 4 is 29.0 Å². The summed E-state index contributed by atoms with van der Waals surface area (Å²) in [7, 11) is 1.40. The number of nitrogens with zero attached hydrogens (tertiary/aromatic N) is 2. The molecular weight excluding hydrogens is 402 g/mol. The third kappa shape index (κ3) is 5.33. The number of nitrogens with two attached hydrogens (primary N) is 1. The molecule has 31 heavy (non-hydrogen) atoms. The van der Waals surface area contributed by atoms with E-state index in [0.29, 0.717) is 24.4 Å². The van der Waals surface area contributed by atoms with Crippen LogP contribution in [0.5, 0.6) is 5.75 Å². The Balaban J connectivity index is 1.69. The molecular formula is C21H27N5O5. The smallest absolute Gasteiger partial charge is 0.330 e. The molecule has 1 saturated carbocycles. The summed E-state index contributed by atoms with van der Waals surface area (Å²) in [6.45, 7) is 1.94. The van der Waals surface area contributed by atoms with Gasteiger partial charge in [-0.2, -0.15) is 0 Å². The van der Waals surface area contributed by atoms with E-state index < -0.39 is 17.2 Å². The van der Waals surface area contributed by atoms with Gasteiger partial charge in [-0.3, -0.25) is 23.9 Å². The zero-order valence-electron chi connectivity index (χ0n) is 17.6. The van der Waals surface area contributed by atoms with E-state index in [4.69, 9.17) is 10.5 Å². The molecule has 0 spiro atoms. The number of nitrogen functional groups attached to an aromatic ring is 1. The summed E-state index contributed by atoms with van der Waals surface area (Å²) in [6, 6.07) is 6.73. The molecule has 0 unspecified atom stereocenters. The SMILES string of the molecule is CCCCn1c(N)c(N(C)C(=O)COc2cccc(NC(=O)C3CC3)c2)c(=O)[nH]c1=O. The van der Waals surface area contributed by atoms with Crippen LogP contribution >= 0.6 is 0 Å². The molecule has 10 heteroatoms. The molecule has 2 amide bonds. The van der Waals surface area contributed by atoms with Gasteiger partial charge in [-0.25, -0.2) is 4.79 Å². The van der Waals surface area contributed by atoms with Crippen LogP contribution in [0.4, 0.5) is 17.2 Å². The number of anilines is 3. The topological polar surface area (TPSA) is 140 Å². The van der Waals surface area contributed by atoms with Gasteiger partial charge in [-0.05, 0) is 31.4 Å². The van der Waals surface area contributed by atoms with Gasteiger partial charge in [0.05, 0.1) is 0 Å². The molecule has 1 heterocycles. The van der Waals surface area contributed by atoms with Gasteiger partial charge in [0.15, 0.2) is 12.3 Å². The highest BCUT2D eigenvalue weighted by Crippen LogP contribution is 2.30. The van der Waals surface area contributed by atoms with Gasteiger partial charge in [0.2, 0.25) is 5.91 Å². The van der Waals surface area contributed by atoms with Crippen LogP contribution in [0.25, 0.3) is 0 Å². The predicted octanol–water partition coefficient (Wildman–Crippen LogP) is 1.31. The highest BCUT2D eigenvalue weighted by atomic mass is 16.5. The average Bonchev–Trinajstić information content (AvgIpc) is 3.57. The predicted molar refractivity (Wildman–Crippen MR) is 117 cm³/mol. The van der Waals surface area contributed by atoms with Crippen LogP contribution < -0.4 is 31.9 Å². The van der Waals surface area contributed by atoms with Crippen molar-refractivity contribution in [1.82, 2.24) is 9.55 Å². The van der Waals surface area contributed by atoms with Gasteiger partial charge >= 0.3 is 5.69 Å². The van der Waals surface area contributed by atoms with Crippen LogP contribution in [0.15, 0.2) is 33.9 Å². The summed E-state index contributed by atoms with van der Waals surface area (Å²) in [4.78, 5) is 52.1. The molecule has 2 aromatic rings. The van der Waals surface area contributed by atoms with Crippen LogP contribution in [0, 0.1) is 5.92 Å². The minimum atomic E-state index is -0.740. The number of carbonyl (C=O) groups excluding carboxylic acids is 2. The van der Waals surface area contributed by atoms with Gasteiger partial charge in [0.25, 0.3) is 11.5 Å². The van der Waals surface area contributed by atoms with Crippen molar-refractivity contribution in [2.24, 2.45) is 5.92 Å². The molecule has 0 bridgehead atoms. The third-order valence-electron chi connectivity index (χ3n) is 5.07. The lowest BCUT2D eigenvalue weighted by Gasteiger charge is -2.20. The number of nitrogens with one attached hydrogen (secondary N) is 2. The first-order valence-corrected chi connectivity index (χ1v) is 10.2. The maximum atomic E-state index is 12.6. The molecule has 4 N–H and O–H groups in total. The van der Waals surface area contributed by atoms with Crippen LogP contribution in [0.3, 0.4) is 0 Å². The summed E-state index contributed by atoms with van der Waals surface area (Å²) < 4.78 is 6.79. The molecule has 10 nitrogen and oxygen atoms in total. The van der Waals surface area contributed by atoms with Crippen molar-refractivity contribution in [2.45, 2.75) is 39.2 Å². The molecule has 0 atom stereocenters. The average molecular weight is 429 g/mol. The summed E-state index contributed by atoms with van der Waals surface area (Å²) in [5.74, 6) is -0.150. The van der Waals surface area contributed by atoms with Crippen LogP contribution in [-0.2, 0) is 16.1 Å². The zero-order valence-corrected chi connectivity index (χ0v) is 17.6. The molecule has 3 rings (SSSR count). The lowest BCUT2D eigenvalue weighted by Crippen LogP contribution is -2.40. The minimum absolute atomic E-state index is 0.0270. The Labute approximate surface area is 179 Å². The van der Waals surface area contributed by atoms with Crippen molar-refractivity contribution in [3.63, 3.8) is 0 Å². The third-order valence-corrected chi connectivity index (χ3v) is 5.07. The first-order chi connectivity index (χ1) is 14.8. The molecule has 1 aliphatic rings. The quantitative estimate of drug-likeness (QED) is 0.549. The Morgan fingerprint density at radius 3 is 2.74 bits per heavy atom. The number of hydrogen-bond acceptors (Lipinski definition) is 6. The van der Waals surface area contributed by atoms with Crippen LogP contribution in [-0.4, -0.2) is 35.0 Å². The van der Waals surface area contributed by atoms with Crippen molar-refractivity contribution in [3.05, 3.63) is 45.1 Å². The standard InChI is InChI=1S/C21H27N5O5/c1-3-4-10-26-18(22)17(20(29)24-21(26)30)25(2)16(27)12-31-15-7-5-6-14(11-15)23-19(28)13-8-9-13/h5-7,11,13H,3-4,8-10,12,22H2,1-2H3,(H,23,28)(H,24,29,30). The fourth-order valence-electron chi connectivity index (χ4n) is 3.06. The van der Waals surface area contributed by atoms with Crippen LogP contribution in [0.1, 0.15) is 32.6 Å². The summed E-state index contributed by atoms with van der Waals surface area (Å²) in [6.07, 6.45) is 3.33. The number of hydrogen-bond donors (Lipinski definition) is 3. The summed E-state index contributed by atoms with van der Waals surface area (Å²) in [5, 5.41) is 2.82. The van der Waals surface area contributed by atoms with Gasteiger partial charge in [0.1, 0.15) is 11.6 Å². The van der Waals surface area contributed by atoms with E-state index in [9.17, 15) is 19.2 Å². The highest BCUT2D eigenvalue weighted by molar-refractivity contribution is 5.96. The van der Waals surface area contributed by atoms with Gasteiger partial charge in [-0.1, -0.05) is 19.4 Å². The second-order valence-electron chi connectivity index (χ2n) is 7.53. The molecule has 0 radical (unpaired) electrons. The molecule has 1 aliphatic carbocycles. The molecule has 1 fully saturated rings. The number of amides is 2. The Kier molecular flexibility index (Phi) is 6.78. The van der Waals surface area contributed by atoms with Crippen LogP contribution in [0.2, 0.25) is 0 Å². The second kappa shape index (κ2) is 9.50. The Morgan fingerprint density at radius 2 is 2.06 bits per heavy atom. The number of carbonyl (C=O) groups is 2. The van der Waals surface area contributed by atoms with Gasteiger partial charge in [0, 0.05) is 31.3 Å². The second-order valence-corrected chi connectivity index (χ2v) is 7.53. The summed E-state index contributed by atoms with van der Waals surface area (Å²) in [5.41, 5.74) is 5.17. The van der Waals surface area contributed by atoms with E-state index in [1.165, 1.54) is 11.6 Å². The molecule has 0 saturated heterocycles. The van der Waals surface area contributed by atoms with E-state index in [1.54, 1.807) is 24.3 Å². The fraction of sp³-hybridized carbons (Fsp3) is 0.429. The van der Waals surface area contributed by atoms with Crippen molar-refractivity contribution < 1.29 is 14.3 Å². The number of H-pyrrole nitrogens is 1. The van der Waals surface area contributed by atoms with Crippen molar-refractivity contribution in [3.8, 4) is 5.75 Å². The van der Waals surface area contributed by atoms with E-state index in [0.717, 1.165) is 24.2 Å². The monoisotopic (exact) mass is 429 g/mol. The first kappa shape index (κ1) is 22.1. The Hall–Kier alpha value is -3.56. The minimum Gasteiger partial charge on any atom is -0.484 e. The van der Waals surface area contributed by atoms with Crippen molar-refractivity contribution in [2.75, 3.05) is 29.6 Å². The summed E-state index contributed by atoms with van der Waals surface area (Å²) >= 11 is 0. The molecule has 0 aliphatic heterocycles. The molecule has 166 valence electrons. The maximum absolute atomic E-state index is 12.6. The number of unbranched alkanes of at least 4 members (excludes halogenated alkanes) is 1. The number of rotatable bonds is 9. The lowest BCUT2D eigenvalue weighted by molar-refractivity contribution is -0.120. The normalized spacial score (nSPS) is 13.0. The number of ether oxygens (including phenoxy) is 1. The van der Waals surface area contributed by atoms with Gasteiger partial charge < -0.3 is 20.7 Å². The largest absolute Gasteiger partial charge is 0.484 e. The van der Waals surface area contributed by atoms with E-state index >= 15 is 0 Å². The number of likely N-dealkylation sites (N-methyl/N-ethyl adjacent to an activating group) is 1. The Bertz CT molecular complexity index is 1090. The fourth-order valence-corrected chi connectivity index (χ4v) is 3.06. The number of aromatic nitrogens is 2. The van der Waals surface area contributed by atoms with E-state index in [2.05, 4.69) is 10.3 Å². The zero-order chi connectivity index (χ0) is 22.5. The van der Waals surface area contributed by atoms with E-state index in [-0.39, 0.29) is 29.9 Å². The molecule has 1 aromatic carbocycles. The lowest BCUT2D eigenvalue weighted by atomic mass is 10.3.